The predicted molar refractivity (Wildman–Crippen MR) is 68.7 cm³/mol. The number of amides is 1. The van der Waals surface area contributed by atoms with Gasteiger partial charge < -0.3 is 14.7 Å². The predicted octanol–water partition coefficient (Wildman–Crippen LogP) is 1.84. The molecule has 1 atom stereocenters. The van der Waals surface area contributed by atoms with E-state index < -0.39 is 11.9 Å². The van der Waals surface area contributed by atoms with E-state index in [1.54, 1.807) is 4.90 Å². The lowest BCUT2D eigenvalue weighted by molar-refractivity contribution is -0.136. The van der Waals surface area contributed by atoms with Crippen LogP contribution >= 0.6 is 11.6 Å². The molecule has 4 nitrogen and oxygen atoms in total. The van der Waals surface area contributed by atoms with E-state index in [1.165, 1.54) is 12.1 Å². The average Bonchev–Trinajstić information content (AvgIpc) is 2.37. The van der Waals surface area contributed by atoms with Crippen LogP contribution in [0.25, 0.3) is 0 Å². The molecule has 0 aromatic heterocycles. The van der Waals surface area contributed by atoms with Crippen molar-refractivity contribution in [1.82, 2.24) is 4.90 Å². The normalized spacial score (nSPS) is 19.3. The zero-order valence-corrected chi connectivity index (χ0v) is 11.1. The molecule has 2 rings (SSSR count). The van der Waals surface area contributed by atoms with Gasteiger partial charge in [0, 0.05) is 13.1 Å². The van der Waals surface area contributed by atoms with Crippen LogP contribution in [0.1, 0.15) is 12.8 Å². The highest BCUT2D eigenvalue weighted by Crippen LogP contribution is 2.24. The Morgan fingerprint density at radius 1 is 1.58 bits per heavy atom. The molecule has 0 radical (unpaired) electrons. The fraction of sp³-hybridized carbons (Fsp3) is 0.462. The molecular formula is C13H15ClFNO3. The third-order valence-corrected chi connectivity index (χ3v) is 3.29. The van der Waals surface area contributed by atoms with Crippen molar-refractivity contribution >= 4 is 17.5 Å². The number of rotatable bonds is 3. The number of piperidine rings is 1. The van der Waals surface area contributed by atoms with Gasteiger partial charge in [-0.1, -0.05) is 11.6 Å². The van der Waals surface area contributed by atoms with E-state index >= 15 is 0 Å². The number of carbonyl (C=O) groups is 1. The van der Waals surface area contributed by atoms with E-state index in [0.29, 0.717) is 19.5 Å². The summed E-state index contributed by atoms with van der Waals surface area (Å²) < 4.78 is 18.1. The molecule has 6 heteroatoms. The Hall–Kier alpha value is -1.33. The minimum absolute atomic E-state index is 0.131. The third-order valence-electron chi connectivity index (χ3n) is 2.99. The van der Waals surface area contributed by atoms with Crippen LogP contribution in [-0.2, 0) is 4.79 Å². The fourth-order valence-electron chi connectivity index (χ4n) is 2.00. The molecule has 0 bridgehead atoms. The molecule has 1 aromatic rings. The van der Waals surface area contributed by atoms with E-state index in [9.17, 15) is 14.3 Å². The van der Waals surface area contributed by atoms with Crippen LogP contribution in [0.5, 0.6) is 5.75 Å². The number of ether oxygens (including phenoxy) is 1. The Morgan fingerprint density at radius 2 is 2.37 bits per heavy atom. The van der Waals surface area contributed by atoms with Crippen molar-refractivity contribution in [3.8, 4) is 5.75 Å². The Bertz CT molecular complexity index is 469. The number of aliphatic hydroxyl groups is 1. The molecule has 1 unspecified atom stereocenters. The lowest BCUT2D eigenvalue weighted by Gasteiger charge is -2.30. The van der Waals surface area contributed by atoms with E-state index in [0.717, 1.165) is 12.5 Å². The lowest BCUT2D eigenvalue weighted by Crippen LogP contribution is -2.44. The van der Waals surface area contributed by atoms with Gasteiger partial charge in [0.05, 0.1) is 11.1 Å². The van der Waals surface area contributed by atoms with Crippen molar-refractivity contribution in [1.29, 1.82) is 0 Å². The van der Waals surface area contributed by atoms with Crippen molar-refractivity contribution in [2.75, 3.05) is 19.7 Å². The van der Waals surface area contributed by atoms with Crippen LogP contribution in [0.4, 0.5) is 4.39 Å². The quantitative estimate of drug-likeness (QED) is 0.923. The maximum absolute atomic E-state index is 12.8. The highest BCUT2D eigenvalue weighted by atomic mass is 35.5. The number of carbonyl (C=O) groups excluding carboxylic acids is 1. The molecule has 1 fully saturated rings. The number of likely N-dealkylation sites (tertiary alicyclic amines) is 1. The Kier molecular flexibility index (Phi) is 4.61. The number of benzene rings is 1. The van der Waals surface area contributed by atoms with Crippen LogP contribution < -0.4 is 4.74 Å². The highest BCUT2D eigenvalue weighted by molar-refractivity contribution is 6.32. The summed E-state index contributed by atoms with van der Waals surface area (Å²) in [5, 5.41) is 9.62. The van der Waals surface area contributed by atoms with Crippen molar-refractivity contribution in [2.45, 2.75) is 18.9 Å². The lowest BCUT2D eigenvalue weighted by atomic mass is 10.1. The Balaban J connectivity index is 1.89. The van der Waals surface area contributed by atoms with Crippen LogP contribution in [0.2, 0.25) is 5.02 Å². The summed E-state index contributed by atoms with van der Waals surface area (Å²) in [7, 11) is 0. The summed E-state index contributed by atoms with van der Waals surface area (Å²) in [5.41, 5.74) is 0. The van der Waals surface area contributed by atoms with Gasteiger partial charge in [-0.25, -0.2) is 4.39 Å². The molecular weight excluding hydrogens is 273 g/mol. The first-order valence-corrected chi connectivity index (χ1v) is 6.48. The molecule has 1 aliphatic rings. The molecule has 0 spiro atoms. The van der Waals surface area contributed by atoms with Gasteiger partial charge in [-0.05, 0) is 31.0 Å². The van der Waals surface area contributed by atoms with Gasteiger partial charge in [-0.2, -0.15) is 0 Å². The molecule has 1 amide bonds. The molecule has 1 aromatic carbocycles. The summed E-state index contributed by atoms with van der Waals surface area (Å²) in [4.78, 5) is 13.4. The first-order chi connectivity index (χ1) is 9.06. The zero-order valence-electron chi connectivity index (χ0n) is 10.3. The number of aliphatic hydroxyl groups excluding tert-OH is 1. The number of hydrogen-bond acceptors (Lipinski definition) is 3. The van der Waals surface area contributed by atoms with Crippen molar-refractivity contribution < 1.29 is 19.0 Å². The zero-order chi connectivity index (χ0) is 13.8. The van der Waals surface area contributed by atoms with E-state index in [1.807, 2.05) is 0 Å². The second-order valence-electron chi connectivity index (χ2n) is 4.50. The monoisotopic (exact) mass is 287 g/mol. The van der Waals surface area contributed by atoms with Gasteiger partial charge in [-0.15, -0.1) is 0 Å². The van der Waals surface area contributed by atoms with Gasteiger partial charge in [0.25, 0.3) is 5.91 Å². The summed E-state index contributed by atoms with van der Waals surface area (Å²) in [6.45, 7) is 0.786. The smallest absolute Gasteiger partial charge is 0.260 e. The molecule has 1 aliphatic heterocycles. The maximum atomic E-state index is 12.8. The van der Waals surface area contributed by atoms with E-state index in [-0.39, 0.29) is 23.3 Å². The first kappa shape index (κ1) is 14.1. The first-order valence-electron chi connectivity index (χ1n) is 6.10. The minimum Gasteiger partial charge on any atom is -0.482 e. The SMILES string of the molecule is O=C(COc1ccc(F)cc1Cl)N1CCCC(O)C1. The van der Waals surface area contributed by atoms with Gasteiger partial charge in [0.2, 0.25) is 0 Å². The molecule has 19 heavy (non-hydrogen) atoms. The molecule has 1 N–H and O–H groups in total. The van der Waals surface area contributed by atoms with Crippen LogP contribution in [0, 0.1) is 5.82 Å². The summed E-state index contributed by atoms with van der Waals surface area (Å²) >= 11 is 5.79. The van der Waals surface area contributed by atoms with Crippen LogP contribution in [0.3, 0.4) is 0 Å². The molecule has 0 saturated carbocycles. The van der Waals surface area contributed by atoms with Crippen molar-refractivity contribution in [3.63, 3.8) is 0 Å². The van der Waals surface area contributed by atoms with Gasteiger partial charge in [0.15, 0.2) is 6.61 Å². The highest BCUT2D eigenvalue weighted by Gasteiger charge is 2.22. The third kappa shape index (κ3) is 3.81. The number of nitrogens with zero attached hydrogens (tertiary/aromatic N) is 1. The Labute approximate surface area is 115 Å². The van der Waals surface area contributed by atoms with Crippen LogP contribution in [-0.4, -0.2) is 41.7 Å². The maximum Gasteiger partial charge on any atom is 0.260 e. The minimum atomic E-state index is -0.466. The summed E-state index contributed by atoms with van der Waals surface area (Å²) in [6.07, 6.45) is 1.03. The largest absolute Gasteiger partial charge is 0.482 e. The molecule has 104 valence electrons. The van der Waals surface area contributed by atoms with E-state index in [2.05, 4.69) is 0 Å². The molecule has 0 aliphatic carbocycles. The van der Waals surface area contributed by atoms with Gasteiger partial charge >= 0.3 is 0 Å². The number of β-amino-alcohol motifs (C(OH)–C–C–N with tert-alkyl or cyclic N) is 1. The van der Waals surface area contributed by atoms with Crippen molar-refractivity contribution in [2.24, 2.45) is 0 Å². The number of hydrogen-bond donors (Lipinski definition) is 1. The molecule has 1 heterocycles. The summed E-state index contributed by atoms with van der Waals surface area (Å²) in [5.74, 6) is -0.393. The number of halogens is 2. The Morgan fingerprint density at radius 3 is 3.05 bits per heavy atom. The van der Waals surface area contributed by atoms with Crippen LogP contribution in [0.15, 0.2) is 18.2 Å². The second-order valence-corrected chi connectivity index (χ2v) is 4.91. The molecule has 1 saturated heterocycles. The van der Waals surface area contributed by atoms with Gasteiger partial charge in [0.1, 0.15) is 11.6 Å². The van der Waals surface area contributed by atoms with Gasteiger partial charge in [-0.3, -0.25) is 4.79 Å². The van der Waals surface area contributed by atoms with Crippen molar-refractivity contribution in [3.05, 3.63) is 29.0 Å². The van der Waals surface area contributed by atoms with E-state index in [4.69, 9.17) is 16.3 Å². The fourth-order valence-corrected chi connectivity index (χ4v) is 2.23. The standard InChI is InChI=1S/C13H15ClFNO3/c14-11-6-9(15)3-4-12(11)19-8-13(18)16-5-1-2-10(17)7-16/h3-4,6,10,17H,1-2,5,7-8H2. The topological polar surface area (TPSA) is 49.8 Å². The summed E-state index contributed by atoms with van der Waals surface area (Å²) in [6, 6.07) is 3.73. The average molecular weight is 288 g/mol. The second kappa shape index (κ2) is 6.21.